The molecule has 33 heavy (non-hydrogen) atoms. The molecule has 2 aromatic heterocycles. The first-order chi connectivity index (χ1) is 16.2. The maximum atomic E-state index is 13.2. The highest BCUT2D eigenvalue weighted by atomic mass is 32.2. The van der Waals surface area contributed by atoms with E-state index in [1.165, 1.54) is 22.9 Å². The number of carbonyl (C=O) groups excluding carboxylic acids is 1. The van der Waals surface area contributed by atoms with Crippen molar-refractivity contribution in [2.75, 3.05) is 12.8 Å². The Hall–Kier alpha value is -3.32. The molecule has 1 unspecified atom stereocenters. The van der Waals surface area contributed by atoms with Crippen molar-refractivity contribution in [1.82, 2.24) is 19.7 Å². The van der Waals surface area contributed by atoms with Crippen LogP contribution in [0, 0.1) is 0 Å². The van der Waals surface area contributed by atoms with Crippen LogP contribution in [0.3, 0.4) is 0 Å². The molecule has 0 aliphatic heterocycles. The lowest BCUT2D eigenvalue weighted by Gasteiger charge is -2.33. The van der Waals surface area contributed by atoms with Gasteiger partial charge in [-0.15, -0.1) is 10.2 Å². The molecule has 1 atom stereocenters. The van der Waals surface area contributed by atoms with Crippen molar-refractivity contribution in [3.05, 3.63) is 89.7 Å². The second kappa shape index (κ2) is 9.67. The Kier molecular flexibility index (Phi) is 6.30. The Morgan fingerprint density at radius 3 is 2.73 bits per heavy atom. The van der Waals surface area contributed by atoms with Crippen LogP contribution in [0.25, 0.3) is 11.6 Å². The van der Waals surface area contributed by atoms with Gasteiger partial charge in [0.25, 0.3) is 0 Å². The molecule has 1 aliphatic rings. The fraction of sp³-hybridized carbons (Fsp3) is 0.269. The summed E-state index contributed by atoms with van der Waals surface area (Å²) in [6.07, 6.45) is 4.81. The minimum absolute atomic E-state index is 0.0931. The van der Waals surface area contributed by atoms with Gasteiger partial charge >= 0.3 is 0 Å². The van der Waals surface area contributed by atoms with Gasteiger partial charge in [-0.05, 0) is 48.1 Å². The summed E-state index contributed by atoms with van der Waals surface area (Å²) in [4.78, 5) is 15.1. The van der Waals surface area contributed by atoms with E-state index in [1.807, 2.05) is 46.8 Å². The topological polar surface area (TPSA) is 64.2 Å². The zero-order chi connectivity index (χ0) is 22.6. The Labute approximate surface area is 197 Å². The molecule has 0 spiro atoms. The zero-order valence-corrected chi connectivity index (χ0v) is 19.4. The summed E-state index contributed by atoms with van der Waals surface area (Å²) in [5.74, 6) is 1.72. The van der Waals surface area contributed by atoms with E-state index in [2.05, 4.69) is 46.6 Å². The molecule has 0 saturated heterocycles. The molecule has 2 heterocycles. The standard InChI is InChI=1S/C26H26N4O2S/c1-29(22-14-7-12-20-11-5-6-13-21(20)22)24(31)18-33-26-28-27-25(23-15-8-16-32-23)30(26)17-19-9-3-2-4-10-19/h2-6,8-11,13,15-16,22H,7,12,14,17-18H2,1H3. The van der Waals surface area contributed by atoms with Crippen molar-refractivity contribution >= 4 is 17.7 Å². The van der Waals surface area contributed by atoms with Gasteiger partial charge in [-0.25, -0.2) is 0 Å². The highest BCUT2D eigenvalue weighted by Crippen LogP contribution is 2.34. The average Bonchev–Trinajstić information content (AvgIpc) is 3.52. The molecule has 2 aromatic carbocycles. The van der Waals surface area contributed by atoms with Crippen molar-refractivity contribution in [3.63, 3.8) is 0 Å². The second-order valence-electron chi connectivity index (χ2n) is 8.26. The Balaban J connectivity index is 1.34. The molecule has 168 valence electrons. The minimum Gasteiger partial charge on any atom is -0.461 e. The molecule has 1 aliphatic carbocycles. The molecule has 0 saturated carbocycles. The largest absolute Gasteiger partial charge is 0.461 e. The van der Waals surface area contributed by atoms with E-state index in [0.29, 0.717) is 29.0 Å². The van der Waals surface area contributed by atoms with E-state index in [9.17, 15) is 4.79 Å². The summed E-state index contributed by atoms with van der Waals surface area (Å²) in [7, 11) is 1.92. The number of thioether (sulfide) groups is 1. The van der Waals surface area contributed by atoms with E-state index in [-0.39, 0.29) is 11.9 Å². The van der Waals surface area contributed by atoms with Crippen LogP contribution < -0.4 is 0 Å². The fourth-order valence-electron chi connectivity index (χ4n) is 4.42. The number of amides is 1. The minimum atomic E-state index is 0.0931. The molecule has 0 bridgehead atoms. The molecule has 0 radical (unpaired) electrons. The first kappa shape index (κ1) is 21.5. The zero-order valence-electron chi connectivity index (χ0n) is 18.6. The highest BCUT2D eigenvalue weighted by Gasteiger charge is 2.27. The average molecular weight is 459 g/mol. The van der Waals surface area contributed by atoms with Crippen molar-refractivity contribution in [3.8, 4) is 11.6 Å². The number of hydrogen-bond acceptors (Lipinski definition) is 5. The monoisotopic (exact) mass is 458 g/mol. The van der Waals surface area contributed by atoms with Crippen LogP contribution >= 0.6 is 11.8 Å². The van der Waals surface area contributed by atoms with Gasteiger partial charge in [0.15, 0.2) is 10.9 Å². The van der Waals surface area contributed by atoms with Crippen molar-refractivity contribution < 1.29 is 9.21 Å². The van der Waals surface area contributed by atoms with E-state index < -0.39 is 0 Å². The lowest BCUT2D eigenvalue weighted by molar-refractivity contribution is -0.129. The normalized spacial score (nSPS) is 15.2. The Morgan fingerprint density at radius 1 is 1.09 bits per heavy atom. The molecular formula is C26H26N4O2S. The third kappa shape index (κ3) is 4.59. The number of aromatic nitrogens is 3. The number of aryl methyl sites for hydroxylation is 1. The molecule has 4 aromatic rings. The molecular weight excluding hydrogens is 432 g/mol. The summed E-state index contributed by atoms with van der Waals surface area (Å²) < 4.78 is 7.60. The van der Waals surface area contributed by atoms with Crippen molar-refractivity contribution in [2.24, 2.45) is 0 Å². The number of hydrogen-bond donors (Lipinski definition) is 0. The quantitative estimate of drug-likeness (QED) is 0.356. The van der Waals surface area contributed by atoms with Crippen LogP contribution in [-0.2, 0) is 17.8 Å². The maximum absolute atomic E-state index is 13.2. The third-order valence-electron chi connectivity index (χ3n) is 6.17. The number of rotatable bonds is 7. The number of nitrogens with zero attached hydrogens (tertiary/aromatic N) is 4. The van der Waals surface area contributed by atoms with Gasteiger partial charge in [0.2, 0.25) is 11.7 Å². The molecule has 6 nitrogen and oxygen atoms in total. The van der Waals surface area contributed by atoms with Crippen LogP contribution in [0.4, 0.5) is 0 Å². The smallest absolute Gasteiger partial charge is 0.233 e. The SMILES string of the molecule is CN(C(=O)CSc1nnc(-c2ccco2)n1Cc1ccccc1)C1CCCc2ccccc21. The Morgan fingerprint density at radius 2 is 1.91 bits per heavy atom. The fourth-order valence-corrected chi connectivity index (χ4v) is 5.29. The van der Waals surface area contributed by atoms with Crippen LogP contribution in [0.1, 0.15) is 35.6 Å². The predicted octanol–water partition coefficient (Wildman–Crippen LogP) is 5.21. The van der Waals surface area contributed by atoms with Gasteiger partial charge < -0.3 is 9.32 Å². The molecule has 5 rings (SSSR count). The maximum Gasteiger partial charge on any atom is 0.233 e. The van der Waals surface area contributed by atoms with Gasteiger partial charge in [-0.2, -0.15) is 0 Å². The lowest BCUT2D eigenvalue weighted by Crippen LogP contribution is -2.34. The molecule has 0 N–H and O–H groups in total. The first-order valence-electron chi connectivity index (χ1n) is 11.2. The number of furan rings is 1. The summed E-state index contributed by atoms with van der Waals surface area (Å²) in [5, 5.41) is 9.47. The van der Waals surface area contributed by atoms with Crippen LogP contribution in [-0.4, -0.2) is 38.4 Å². The third-order valence-corrected chi connectivity index (χ3v) is 7.12. The van der Waals surface area contributed by atoms with Gasteiger partial charge in [-0.3, -0.25) is 9.36 Å². The second-order valence-corrected chi connectivity index (χ2v) is 9.20. The highest BCUT2D eigenvalue weighted by molar-refractivity contribution is 7.99. The predicted molar refractivity (Wildman–Crippen MR) is 129 cm³/mol. The number of fused-ring (bicyclic) bond motifs is 1. The van der Waals surface area contributed by atoms with Gasteiger partial charge in [-0.1, -0.05) is 66.4 Å². The summed E-state index contributed by atoms with van der Waals surface area (Å²) in [6.45, 7) is 0.603. The van der Waals surface area contributed by atoms with Gasteiger partial charge in [0.1, 0.15) is 0 Å². The van der Waals surface area contributed by atoms with Crippen LogP contribution in [0.5, 0.6) is 0 Å². The summed E-state index contributed by atoms with van der Waals surface area (Å²) in [5.41, 5.74) is 3.76. The molecule has 1 amide bonds. The van der Waals surface area contributed by atoms with E-state index in [1.54, 1.807) is 6.26 Å². The van der Waals surface area contributed by atoms with E-state index >= 15 is 0 Å². The first-order valence-corrected chi connectivity index (χ1v) is 12.2. The molecule has 7 heteroatoms. The van der Waals surface area contributed by atoms with Crippen molar-refractivity contribution in [1.29, 1.82) is 0 Å². The lowest BCUT2D eigenvalue weighted by atomic mass is 9.87. The van der Waals surface area contributed by atoms with Crippen molar-refractivity contribution in [2.45, 2.75) is 37.0 Å². The van der Waals surface area contributed by atoms with Gasteiger partial charge in [0.05, 0.1) is 24.6 Å². The van der Waals surface area contributed by atoms with E-state index in [0.717, 1.165) is 24.8 Å². The summed E-state index contributed by atoms with van der Waals surface area (Å²) in [6, 6.07) is 22.5. The van der Waals surface area contributed by atoms with Crippen LogP contribution in [0.2, 0.25) is 0 Å². The van der Waals surface area contributed by atoms with E-state index in [4.69, 9.17) is 4.42 Å². The van der Waals surface area contributed by atoms with Crippen LogP contribution in [0.15, 0.2) is 82.6 Å². The van der Waals surface area contributed by atoms with Gasteiger partial charge in [0, 0.05) is 7.05 Å². The molecule has 0 fully saturated rings. The Bertz CT molecular complexity index is 1220. The number of carbonyl (C=O) groups is 1. The number of benzene rings is 2. The summed E-state index contributed by atoms with van der Waals surface area (Å²) >= 11 is 1.42.